The SMILES string of the molecule is O=c1cc(-c2ccccc2)oc2cccc(OC(c3ccccc3)C3CCCNC3)c12. The topological polar surface area (TPSA) is 51.5 Å². The molecule has 0 amide bonds. The van der Waals surface area contributed by atoms with Gasteiger partial charge in [0.25, 0.3) is 0 Å². The summed E-state index contributed by atoms with van der Waals surface area (Å²) in [5.74, 6) is 1.47. The Labute approximate surface area is 181 Å². The Balaban J connectivity index is 1.56. The summed E-state index contributed by atoms with van der Waals surface area (Å²) in [7, 11) is 0. The molecule has 4 nitrogen and oxygen atoms in total. The molecule has 31 heavy (non-hydrogen) atoms. The Kier molecular flexibility index (Phi) is 5.55. The molecule has 1 aliphatic heterocycles. The third kappa shape index (κ3) is 4.12. The van der Waals surface area contributed by atoms with Gasteiger partial charge in [-0.15, -0.1) is 0 Å². The molecule has 0 aliphatic carbocycles. The monoisotopic (exact) mass is 411 g/mol. The largest absolute Gasteiger partial charge is 0.484 e. The van der Waals surface area contributed by atoms with Gasteiger partial charge in [0.2, 0.25) is 0 Å². The molecule has 1 aromatic heterocycles. The third-order valence-corrected chi connectivity index (χ3v) is 5.92. The second-order valence-electron chi connectivity index (χ2n) is 8.03. The lowest BCUT2D eigenvalue weighted by Crippen LogP contribution is -2.35. The minimum absolute atomic E-state index is 0.0933. The Morgan fingerprint density at radius 3 is 2.45 bits per heavy atom. The van der Waals surface area contributed by atoms with E-state index in [0.29, 0.717) is 28.4 Å². The molecule has 1 N–H and O–H groups in total. The van der Waals surface area contributed by atoms with E-state index in [0.717, 1.165) is 37.1 Å². The second-order valence-corrected chi connectivity index (χ2v) is 8.03. The molecular weight excluding hydrogens is 386 g/mol. The van der Waals surface area contributed by atoms with Crippen molar-refractivity contribution >= 4 is 11.0 Å². The van der Waals surface area contributed by atoms with Crippen molar-refractivity contribution in [2.45, 2.75) is 18.9 Å². The summed E-state index contributed by atoms with van der Waals surface area (Å²) in [6, 6.07) is 27.1. The smallest absolute Gasteiger partial charge is 0.197 e. The van der Waals surface area contributed by atoms with E-state index in [9.17, 15) is 4.79 Å². The highest BCUT2D eigenvalue weighted by Crippen LogP contribution is 2.35. The number of hydrogen-bond acceptors (Lipinski definition) is 4. The summed E-state index contributed by atoms with van der Waals surface area (Å²) in [6.07, 6.45) is 2.08. The number of hydrogen-bond donors (Lipinski definition) is 1. The molecule has 5 rings (SSSR count). The fraction of sp³-hybridized carbons (Fsp3) is 0.222. The molecule has 3 aromatic carbocycles. The van der Waals surface area contributed by atoms with E-state index >= 15 is 0 Å². The fourth-order valence-electron chi connectivity index (χ4n) is 4.37. The van der Waals surface area contributed by atoms with E-state index in [2.05, 4.69) is 17.4 Å². The van der Waals surface area contributed by atoms with Crippen LogP contribution in [0.3, 0.4) is 0 Å². The minimum Gasteiger partial charge on any atom is -0.484 e. The lowest BCUT2D eigenvalue weighted by Gasteiger charge is -2.31. The van der Waals surface area contributed by atoms with Gasteiger partial charge in [-0.3, -0.25) is 4.79 Å². The first-order valence-electron chi connectivity index (χ1n) is 10.8. The lowest BCUT2D eigenvalue weighted by atomic mass is 9.89. The van der Waals surface area contributed by atoms with Gasteiger partial charge in [0.1, 0.15) is 28.6 Å². The molecule has 1 aliphatic rings. The van der Waals surface area contributed by atoms with Crippen LogP contribution in [-0.2, 0) is 0 Å². The van der Waals surface area contributed by atoms with E-state index < -0.39 is 0 Å². The number of ether oxygens (including phenoxy) is 1. The highest BCUT2D eigenvalue weighted by Gasteiger charge is 2.27. The van der Waals surface area contributed by atoms with Crippen LogP contribution < -0.4 is 15.5 Å². The Morgan fingerprint density at radius 2 is 1.71 bits per heavy atom. The quantitative estimate of drug-likeness (QED) is 0.466. The van der Waals surface area contributed by atoms with Gasteiger partial charge in [-0.2, -0.15) is 0 Å². The number of piperidine rings is 1. The van der Waals surface area contributed by atoms with Gasteiger partial charge in [0.05, 0.1) is 0 Å². The lowest BCUT2D eigenvalue weighted by molar-refractivity contribution is 0.117. The first-order valence-corrected chi connectivity index (χ1v) is 10.8. The number of rotatable bonds is 5. The Bertz CT molecular complexity index is 1210. The number of fused-ring (bicyclic) bond motifs is 1. The van der Waals surface area contributed by atoms with Gasteiger partial charge in [-0.25, -0.2) is 0 Å². The first kappa shape index (κ1) is 19.6. The van der Waals surface area contributed by atoms with Crippen LogP contribution in [0.4, 0.5) is 0 Å². The summed E-state index contributed by atoms with van der Waals surface area (Å²) < 4.78 is 12.7. The summed E-state index contributed by atoms with van der Waals surface area (Å²) in [4.78, 5) is 13.1. The molecule has 2 unspecified atom stereocenters. The molecule has 0 spiro atoms. The first-order chi connectivity index (χ1) is 15.3. The highest BCUT2D eigenvalue weighted by molar-refractivity contribution is 5.84. The highest BCUT2D eigenvalue weighted by atomic mass is 16.5. The number of nitrogens with one attached hydrogen (secondary N) is 1. The standard InChI is InChI=1S/C27H25NO3/c29-22-17-25(19-9-3-1-4-10-19)30-23-14-7-15-24(26(22)23)31-27(20-11-5-2-6-12-20)21-13-8-16-28-18-21/h1-7,9-12,14-15,17,21,27-28H,8,13,16,18H2. The molecule has 4 heteroatoms. The van der Waals surface area contributed by atoms with Crippen LogP contribution in [0.1, 0.15) is 24.5 Å². The Hall–Kier alpha value is -3.37. The minimum atomic E-state index is -0.132. The van der Waals surface area contributed by atoms with Gasteiger partial charge < -0.3 is 14.5 Å². The third-order valence-electron chi connectivity index (χ3n) is 5.92. The molecule has 0 bridgehead atoms. The predicted octanol–water partition coefficient (Wildman–Crippen LogP) is 5.58. The zero-order valence-corrected chi connectivity index (χ0v) is 17.3. The maximum absolute atomic E-state index is 13.1. The molecule has 4 aromatic rings. The molecule has 2 heterocycles. The van der Waals surface area contributed by atoms with E-state index in [-0.39, 0.29) is 11.5 Å². The molecule has 156 valence electrons. The predicted molar refractivity (Wildman–Crippen MR) is 123 cm³/mol. The van der Waals surface area contributed by atoms with Crippen LogP contribution in [0.5, 0.6) is 5.75 Å². The molecular formula is C27H25NO3. The average molecular weight is 412 g/mol. The summed E-state index contributed by atoms with van der Waals surface area (Å²) >= 11 is 0. The summed E-state index contributed by atoms with van der Waals surface area (Å²) in [5, 5.41) is 3.98. The van der Waals surface area contributed by atoms with Crippen LogP contribution >= 0.6 is 0 Å². The van der Waals surface area contributed by atoms with Gasteiger partial charge in [-0.1, -0.05) is 66.7 Å². The van der Waals surface area contributed by atoms with Crippen molar-refractivity contribution in [2.24, 2.45) is 5.92 Å². The van der Waals surface area contributed by atoms with Crippen molar-refractivity contribution in [3.05, 3.63) is 101 Å². The van der Waals surface area contributed by atoms with Gasteiger partial charge in [0.15, 0.2) is 5.43 Å². The van der Waals surface area contributed by atoms with Crippen molar-refractivity contribution in [1.82, 2.24) is 5.32 Å². The fourth-order valence-corrected chi connectivity index (χ4v) is 4.37. The molecule has 0 radical (unpaired) electrons. The van der Waals surface area contributed by atoms with Crippen molar-refractivity contribution in [2.75, 3.05) is 13.1 Å². The van der Waals surface area contributed by atoms with Crippen molar-refractivity contribution in [1.29, 1.82) is 0 Å². The molecule has 1 saturated heterocycles. The van der Waals surface area contributed by atoms with Crippen molar-refractivity contribution in [3.8, 4) is 17.1 Å². The van der Waals surface area contributed by atoms with Gasteiger partial charge in [-0.05, 0) is 37.1 Å². The maximum Gasteiger partial charge on any atom is 0.197 e. The van der Waals surface area contributed by atoms with Crippen LogP contribution in [-0.4, -0.2) is 13.1 Å². The zero-order valence-electron chi connectivity index (χ0n) is 17.3. The zero-order chi connectivity index (χ0) is 21.0. The summed E-state index contributed by atoms with van der Waals surface area (Å²) in [5.41, 5.74) is 2.45. The van der Waals surface area contributed by atoms with Gasteiger partial charge >= 0.3 is 0 Å². The van der Waals surface area contributed by atoms with Crippen LogP contribution in [0.15, 0.2) is 94.1 Å². The van der Waals surface area contributed by atoms with Crippen LogP contribution in [0.2, 0.25) is 0 Å². The van der Waals surface area contributed by atoms with Crippen molar-refractivity contribution in [3.63, 3.8) is 0 Å². The Morgan fingerprint density at radius 1 is 0.935 bits per heavy atom. The van der Waals surface area contributed by atoms with Gasteiger partial charge in [0, 0.05) is 24.1 Å². The van der Waals surface area contributed by atoms with Crippen molar-refractivity contribution < 1.29 is 9.15 Å². The molecule has 2 atom stereocenters. The maximum atomic E-state index is 13.1. The van der Waals surface area contributed by atoms with E-state index in [1.807, 2.05) is 66.7 Å². The number of benzene rings is 3. The molecule has 1 fully saturated rings. The molecule has 0 saturated carbocycles. The normalized spacial score (nSPS) is 17.4. The second kappa shape index (κ2) is 8.78. The van der Waals surface area contributed by atoms with E-state index in [4.69, 9.17) is 9.15 Å². The average Bonchev–Trinajstić information content (AvgIpc) is 2.84. The van der Waals surface area contributed by atoms with Crippen LogP contribution in [0.25, 0.3) is 22.3 Å². The van der Waals surface area contributed by atoms with Crippen LogP contribution in [0, 0.1) is 5.92 Å². The van der Waals surface area contributed by atoms with E-state index in [1.165, 1.54) is 0 Å². The van der Waals surface area contributed by atoms with E-state index in [1.54, 1.807) is 6.07 Å². The summed E-state index contributed by atoms with van der Waals surface area (Å²) in [6.45, 7) is 1.94.